The van der Waals surface area contributed by atoms with E-state index in [0.29, 0.717) is 0 Å². The second kappa shape index (κ2) is 7.57. The van der Waals surface area contributed by atoms with E-state index in [9.17, 15) is 0 Å². The summed E-state index contributed by atoms with van der Waals surface area (Å²) in [6.45, 7) is 0. The minimum atomic E-state index is 1.25. The molecular formula is C34H22. The van der Waals surface area contributed by atoms with E-state index in [1.54, 1.807) is 0 Å². The van der Waals surface area contributed by atoms with Crippen molar-refractivity contribution in [3.63, 3.8) is 0 Å². The molecule has 0 unspecified atom stereocenters. The van der Waals surface area contributed by atoms with Gasteiger partial charge in [0.1, 0.15) is 0 Å². The lowest BCUT2D eigenvalue weighted by Gasteiger charge is -2.14. The molecular weight excluding hydrogens is 408 g/mol. The van der Waals surface area contributed by atoms with Gasteiger partial charge in [-0.15, -0.1) is 0 Å². The Morgan fingerprint density at radius 3 is 1.38 bits per heavy atom. The van der Waals surface area contributed by atoms with Crippen LogP contribution in [-0.2, 0) is 0 Å². The average Bonchev–Trinajstić information content (AvgIpc) is 2.90. The van der Waals surface area contributed by atoms with Crippen molar-refractivity contribution >= 4 is 43.1 Å². The van der Waals surface area contributed by atoms with Gasteiger partial charge in [-0.1, -0.05) is 97.1 Å². The van der Waals surface area contributed by atoms with E-state index < -0.39 is 0 Å². The maximum atomic E-state index is 2.37. The number of hydrogen-bond donors (Lipinski definition) is 0. The summed E-state index contributed by atoms with van der Waals surface area (Å²) in [6, 6.07) is 48.8. The third-order valence-corrected chi connectivity index (χ3v) is 6.96. The minimum Gasteiger partial charge on any atom is -0.0616 e. The van der Waals surface area contributed by atoms with Gasteiger partial charge in [0.25, 0.3) is 0 Å². The van der Waals surface area contributed by atoms with Crippen LogP contribution in [0.4, 0.5) is 0 Å². The Labute approximate surface area is 198 Å². The molecule has 158 valence electrons. The molecule has 0 atom stereocenters. The van der Waals surface area contributed by atoms with Gasteiger partial charge in [-0.2, -0.15) is 0 Å². The molecule has 0 amide bonds. The summed E-state index contributed by atoms with van der Waals surface area (Å²) < 4.78 is 0. The first-order valence-electron chi connectivity index (χ1n) is 11.8. The predicted octanol–water partition coefficient (Wildman–Crippen LogP) is 9.63. The van der Waals surface area contributed by atoms with Crippen LogP contribution in [0.2, 0.25) is 0 Å². The lowest BCUT2D eigenvalue weighted by Crippen LogP contribution is -1.87. The van der Waals surface area contributed by atoms with Crippen LogP contribution in [0.1, 0.15) is 0 Å². The lowest BCUT2D eigenvalue weighted by molar-refractivity contribution is 1.65. The zero-order chi connectivity index (χ0) is 22.5. The summed E-state index contributed by atoms with van der Waals surface area (Å²) in [4.78, 5) is 0. The molecule has 0 heterocycles. The SMILES string of the molecule is c1ccc2cc(-c3cc(-c4ccc5ccccc5c4)c4cc5ccccc5cc4c3)ccc2c1. The van der Waals surface area contributed by atoms with Crippen LogP contribution >= 0.6 is 0 Å². The zero-order valence-corrected chi connectivity index (χ0v) is 18.7. The molecule has 0 aromatic heterocycles. The van der Waals surface area contributed by atoms with E-state index in [-0.39, 0.29) is 0 Å². The molecule has 0 heteroatoms. The van der Waals surface area contributed by atoms with Gasteiger partial charge in [-0.25, -0.2) is 0 Å². The van der Waals surface area contributed by atoms with Gasteiger partial charge in [0.15, 0.2) is 0 Å². The third-order valence-electron chi connectivity index (χ3n) is 6.96. The van der Waals surface area contributed by atoms with Crippen LogP contribution in [0.25, 0.3) is 65.3 Å². The van der Waals surface area contributed by atoms with Crippen molar-refractivity contribution in [2.75, 3.05) is 0 Å². The summed E-state index contributed by atoms with van der Waals surface area (Å²) in [7, 11) is 0. The Hall–Kier alpha value is -4.42. The molecule has 0 N–H and O–H groups in total. The summed E-state index contributed by atoms with van der Waals surface area (Å²) in [6.07, 6.45) is 0. The second-order valence-electron chi connectivity index (χ2n) is 9.07. The van der Waals surface area contributed by atoms with Crippen molar-refractivity contribution in [2.24, 2.45) is 0 Å². The number of hydrogen-bond acceptors (Lipinski definition) is 0. The molecule has 0 fully saturated rings. The first-order valence-corrected chi connectivity index (χ1v) is 11.8. The Balaban J connectivity index is 1.53. The van der Waals surface area contributed by atoms with Gasteiger partial charge in [0, 0.05) is 0 Å². The van der Waals surface area contributed by atoms with E-state index >= 15 is 0 Å². The molecule has 0 spiro atoms. The normalized spacial score (nSPS) is 11.5. The standard InChI is InChI=1S/C34H22/c1-3-9-25-17-29(15-13-23(25)7-1)31-20-32-19-27-11-5-6-12-28(27)21-34(32)33(22-31)30-16-14-24-8-2-4-10-26(24)18-30/h1-22H. The van der Waals surface area contributed by atoms with Gasteiger partial charge < -0.3 is 0 Å². The fourth-order valence-electron chi connectivity index (χ4n) is 5.18. The first kappa shape index (κ1) is 19.1. The minimum absolute atomic E-state index is 1.25. The maximum absolute atomic E-state index is 2.37. The maximum Gasteiger partial charge on any atom is -0.00986 e. The molecule has 7 aromatic carbocycles. The largest absolute Gasteiger partial charge is 0.0616 e. The Bertz CT molecular complexity index is 1860. The molecule has 7 aromatic rings. The van der Waals surface area contributed by atoms with Gasteiger partial charge in [-0.3, -0.25) is 0 Å². The van der Waals surface area contributed by atoms with Crippen molar-refractivity contribution in [3.8, 4) is 22.3 Å². The lowest BCUT2D eigenvalue weighted by atomic mass is 9.90. The number of benzene rings is 7. The average molecular weight is 431 g/mol. The summed E-state index contributed by atoms with van der Waals surface area (Å²) in [5, 5.41) is 10.2. The molecule has 0 aliphatic carbocycles. The highest BCUT2D eigenvalue weighted by Gasteiger charge is 2.11. The van der Waals surface area contributed by atoms with Crippen LogP contribution in [0.5, 0.6) is 0 Å². The van der Waals surface area contributed by atoms with Gasteiger partial charge >= 0.3 is 0 Å². The van der Waals surface area contributed by atoms with Crippen molar-refractivity contribution in [1.82, 2.24) is 0 Å². The van der Waals surface area contributed by atoms with Crippen molar-refractivity contribution in [2.45, 2.75) is 0 Å². The number of fused-ring (bicyclic) bond motifs is 4. The molecule has 34 heavy (non-hydrogen) atoms. The summed E-state index contributed by atoms with van der Waals surface area (Å²) >= 11 is 0. The molecule has 0 nitrogen and oxygen atoms in total. The van der Waals surface area contributed by atoms with Crippen molar-refractivity contribution in [3.05, 3.63) is 133 Å². The molecule has 0 aliphatic heterocycles. The highest BCUT2D eigenvalue weighted by molar-refractivity contribution is 6.08. The molecule has 0 saturated carbocycles. The molecule has 0 aliphatic rings. The highest BCUT2D eigenvalue weighted by Crippen LogP contribution is 2.38. The van der Waals surface area contributed by atoms with E-state index in [2.05, 4.69) is 133 Å². The third kappa shape index (κ3) is 3.16. The van der Waals surface area contributed by atoms with Crippen LogP contribution in [0.3, 0.4) is 0 Å². The first-order chi connectivity index (χ1) is 16.8. The van der Waals surface area contributed by atoms with Gasteiger partial charge in [0.2, 0.25) is 0 Å². The smallest absolute Gasteiger partial charge is 0.00986 e. The van der Waals surface area contributed by atoms with Crippen molar-refractivity contribution < 1.29 is 0 Å². The Kier molecular flexibility index (Phi) is 4.25. The monoisotopic (exact) mass is 430 g/mol. The van der Waals surface area contributed by atoms with Gasteiger partial charge in [-0.05, 0) is 102 Å². The van der Waals surface area contributed by atoms with Crippen LogP contribution in [0.15, 0.2) is 133 Å². The number of rotatable bonds is 2. The van der Waals surface area contributed by atoms with Crippen LogP contribution < -0.4 is 0 Å². The summed E-state index contributed by atoms with van der Waals surface area (Å²) in [5.41, 5.74) is 5.02. The fourth-order valence-corrected chi connectivity index (χ4v) is 5.18. The van der Waals surface area contributed by atoms with E-state index in [0.717, 1.165) is 0 Å². The van der Waals surface area contributed by atoms with E-state index in [1.165, 1.54) is 65.3 Å². The predicted molar refractivity (Wildman–Crippen MR) is 147 cm³/mol. The fraction of sp³-hybridized carbons (Fsp3) is 0. The van der Waals surface area contributed by atoms with Crippen LogP contribution in [-0.4, -0.2) is 0 Å². The highest BCUT2D eigenvalue weighted by atomic mass is 14.1. The molecule has 0 bridgehead atoms. The van der Waals surface area contributed by atoms with Gasteiger partial charge in [0.05, 0.1) is 0 Å². The molecule has 0 saturated heterocycles. The van der Waals surface area contributed by atoms with Crippen molar-refractivity contribution in [1.29, 1.82) is 0 Å². The van der Waals surface area contributed by atoms with E-state index in [1.807, 2.05) is 0 Å². The van der Waals surface area contributed by atoms with E-state index in [4.69, 9.17) is 0 Å². The topological polar surface area (TPSA) is 0 Å². The quantitative estimate of drug-likeness (QED) is 0.239. The zero-order valence-electron chi connectivity index (χ0n) is 18.7. The molecule has 7 rings (SSSR count). The molecule has 0 radical (unpaired) electrons. The second-order valence-corrected chi connectivity index (χ2v) is 9.07. The Morgan fingerprint density at radius 2 is 0.735 bits per heavy atom. The Morgan fingerprint density at radius 1 is 0.265 bits per heavy atom. The summed E-state index contributed by atoms with van der Waals surface area (Å²) in [5.74, 6) is 0. The van der Waals surface area contributed by atoms with Crippen LogP contribution in [0, 0.1) is 0 Å².